The van der Waals surface area contributed by atoms with Gasteiger partial charge < -0.3 is 25.0 Å². The summed E-state index contributed by atoms with van der Waals surface area (Å²) in [5.74, 6) is 0.806. The molecule has 0 bridgehead atoms. The van der Waals surface area contributed by atoms with Crippen LogP contribution in [0.25, 0.3) is 0 Å². The van der Waals surface area contributed by atoms with Crippen LogP contribution in [0.5, 0.6) is 0 Å². The molecule has 31 heavy (non-hydrogen) atoms. The van der Waals surface area contributed by atoms with Crippen LogP contribution in [0, 0.1) is 6.92 Å². The molecular formula is C23H37N5O3. The number of piperidine rings is 1. The van der Waals surface area contributed by atoms with E-state index in [9.17, 15) is 4.79 Å². The summed E-state index contributed by atoms with van der Waals surface area (Å²) in [5.41, 5.74) is 2.58. The van der Waals surface area contributed by atoms with Crippen LogP contribution in [0.3, 0.4) is 0 Å². The predicted molar refractivity (Wildman–Crippen MR) is 122 cm³/mol. The maximum absolute atomic E-state index is 11.9. The van der Waals surface area contributed by atoms with Gasteiger partial charge in [0, 0.05) is 45.8 Å². The Kier molecular flexibility index (Phi) is 8.97. The molecule has 2 fully saturated rings. The molecule has 2 N–H and O–H groups in total. The van der Waals surface area contributed by atoms with E-state index in [1.165, 1.54) is 11.1 Å². The average molecular weight is 432 g/mol. The minimum Gasteiger partial charge on any atom is -0.450 e. The number of likely N-dealkylation sites (tertiary alicyclic amines) is 1. The van der Waals surface area contributed by atoms with Crippen molar-refractivity contribution in [2.24, 2.45) is 4.99 Å². The Hall–Kier alpha value is -2.32. The quantitative estimate of drug-likeness (QED) is 0.531. The second-order valence-corrected chi connectivity index (χ2v) is 8.14. The fourth-order valence-corrected chi connectivity index (χ4v) is 4.23. The molecule has 2 aliphatic rings. The Bertz CT molecular complexity index is 728. The van der Waals surface area contributed by atoms with Gasteiger partial charge in [-0.2, -0.15) is 0 Å². The Morgan fingerprint density at radius 3 is 2.65 bits per heavy atom. The molecule has 0 spiro atoms. The molecule has 2 saturated heterocycles. The molecule has 3 rings (SSSR count). The highest BCUT2D eigenvalue weighted by Crippen LogP contribution is 2.22. The summed E-state index contributed by atoms with van der Waals surface area (Å²) >= 11 is 0. The number of carbonyl (C=O) groups is 1. The van der Waals surface area contributed by atoms with Crippen LogP contribution in [0.4, 0.5) is 4.79 Å². The molecular weight excluding hydrogens is 394 g/mol. The van der Waals surface area contributed by atoms with Crippen LogP contribution < -0.4 is 10.6 Å². The molecule has 2 heterocycles. The van der Waals surface area contributed by atoms with Gasteiger partial charge in [-0.25, -0.2) is 4.79 Å². The first-order valence-corrected chi connectivity index (χ1v) is 11.4. The number of rotatable bonds is 6. The molecule has 8 nitrogen and oxygen atoms in total. The second kappa shape index (κ2) is 11.9. The third-order valence-electron chi connectivity index (χ3n) is 5.96. The van der Waals surface area contributed by atoms with Crippen LogP contribution in [-0.4, -0.2) is 87.5 Å². The number of nitrogens with one attached hydrogen (secondary N) is 2. The monoisotopic (exact) mass is 431 g/mol. The van der Waals surface area contributed by atoms with Crippen LogP contribution in [0.15, 0.2) is 29.3 Å². The summed E-state index contributed by atoms with van der Waals surface area (Å²) in [5, 5.41) is 7.07. The zero-order valence-electron chi connectivity index (χ0n) is 19.1. The lowest BCUT2D eigenvalue weighted by molar-refractivity contribution is 0.0170. The normalized spacial score (nSPS) is 19.7. The highest BCUT2D eigenvalue weighted by molar-refractivity contribution is 5.80. The molecule has 1 aromatic carbocycles. The molecule has 8 heteroatoms. The van der Waals surface area contributed by atoms with E-state index in [2.05, 4.69) is 51.7 Å². The highest BCUT2D eigenvalue weighted by Gasteiger charge is 2.26. The fraction of sp³-hybridized carbons (Fsp3) is 0.652. The third-order valence-corrected chi connectivity index (χ3v) is 5.96. The first-order valence-electron chi connectivity index (χ1n) is 11.4. The number of aliphatic imine (C=N–C) groups is 1. The van der Waals surface area contributed by atoms with E-state index in [0.29, 0.717) is 19.7 Å². The lowest BCUT2D eigenvalue weighted by Crippen LogP contribution is -2.51. The Labute approximate surface area is 186 Å². The molecule has 172 valence electrons. The van der Waals surface area contributed by atoms with E-state index in [1.807, 2.05) is 6.92 Å². The van der Waals surface area contributed by atoms with Gasteiger partial charge in [0.05, 0.1) is 25.9 Å². The summed E-state index contributed by atoms with van der Waals surface area (Å²) in [6.45, 7) is 9.96. The van der Waals surface area contributed by atoms with Crippen molar-refractivity contribution in [2.75, 3.05) is 59.6 Å². The summed E-state index contributed by atoms with van der Waals surface area (Å²) in [6, 6.07) is 9.28. The lowest BCUT2D eigenvalue weighted by atomic mass is 10.0. The summed E-state index contributed by atoms with van der Waals surface area (Å²) in [4.78, 5) is 20.6. The van der Waals surface area contributed by atoms with Gasteiger partial charge >= 0.3 is 6.09 Å². The summed E-state index contributed by atoms with van der Waals surface area (Å²) < 4.78 is 10.7. The molecule has 0 aromatic heterocycles. The van der Waals surface area contributed by atoms with Gasteiger partial charge in [-0.3, -0.25) is 9.89 Å². The van der Waals surface area contributed by atoms with Crippen molar-refractivity contribution in [1.29, 1.82) is 0 Å². The van der Waals surface area contributed by atoms with E-state index in [4.69, 9.17) is 9.47 Å². The van der Waals surface area contributed by atoms with E-state index in [0.717, 1.165) is 51.6 Å². The first kappa shape index (κ1) is 23.3. The number of hydrogen-bond donors (Lipinski definition) is 2. The summed E-state index contributed by atoms with van der Waals surface area (Å²) in [6.07, 6.45) is 1.55. The number of morpholine rings is 1. The number of aryl methyl sites for hydroxylation is 1. The Balaban J connectivity index is 1.55. The van der Waals surface area contributed by atoms with E-state index in [1.54, 1.807) is 11.9 Å². The van der Waals surface area contributed by atoms with Crippen molar-refractivity contribution in [2.45, 2.75) is 38.8 Å². The largest absolute Gasteiger partial charge is 0.450 e. The Morgan fingerprint density at radius 1 is 1.26 bits per heavy atom. The topological polar surface area (TPSA) is 78.4 Å². The van der Waals surface area contributed by atoms with Gasteiger partial charge in [-0.15, -0.1) is 0 Å². The number of benzene rings is 1. The smallest absolute Gasteiger partial charge is 0.409 e. The van der Waals surface area contributed by atoms with E-state index >= 15 is 0 Å². The zero-order chi connectivity index (χ0) is 22.1. The van der Waals surface area contributed by atoms with E-state index < -0.39 is 0 Å². The van der Waals surface area contributed by atoms with Gasteiger partial charge in [-0.05, 0) is 32.3 Å². The van der Waals surface area contributed by atoms with Crippen LogP contribution in [-0.2, 0) is 9.47 Å². The van der Waals surface area contributed by atoms with Crippen molar-refractivity contribution in [3.8, 4) is 0 Å². The number of carbonyl (C=O) groups excluding carboxylic acids is 1. The van der Waals surface area contributed by atoms with Crippen LogP contribution in [0.2, 0.25) is 0 Å². The van der Waals surface area contributed by atoms with E-state index in [-0.39, 0.29) is 18.2 Å². The number of nitrogens with zero attached hydrogens (tertiary/aromatic N) is 3. The molecule has 2 aliphatic heterocycles. The van der Waals surface area contributed by atoms with Crippen molar-refractivity contribution in [3.63, 3.8) is 0 Å². The van der Waals surface area contributed by atoms with Gasteiger partial charge in [0.2, 0.25) is 0 Å². The Morgan fingerprint density at radius 2 is 2.00 bits per heavy atom. The maximum Gasteiger partial charge on any atom is 0.409 e. The van der Waals surface area contributed by atoms with Gasteiger partial charge in [0.25, 0.3) is 0 Å². The number of guanidine groups is 1. The third kappa shape index (κ3) is 6.83. The SMILES string of the molecule is CCOC(=O)N1CCC(NC(=NC)NCC(c2cccc(C)c2)N2CCOCC2)CC1. The number of hydrogen-bond acceptors (Lipinski definition) is 5. The average Bonchev–Trinajstić information content (AvgIpc) is 2.80. The van der Waals surface area contributed by atoms with Gasteiger partial charge in [-0.1, -0.05) is 29.8 Å². The molecule has 1 unspecified atom stereocenters. The van der Waals surface area contributed by atoms with Crippen LogP contribution in [0.1, 0.15) is 36.9 Å². The van der Waals surface area contributed by atoms with Crippen molar-refractivity contribution >= 4 is 12.1 Å². The zero-order valence-corrected chi connectivity index (χ0v) is 19.1. The fourth-order valence-electron chi connectivity index (χ4n) is 4.23. The molecule has 1 aromatic rings. The highest BCUT2D eigenvalue weighted by atomic mass is 16.6. The van der Waals surface area contributed by atoms with Crippen LogP contribution >= 0.6 is 0 Å². The second-order valence-electron chi connectivity index (χ2n) is 8.14. The number of ether oxygens (including phenoxy) is 2. The van der Waals surface area contributed by atoms with Gasteiger partial charge in [0.15, 0.2) is 5.96 Å². The molecule has 0 radical (unpaired) electrons. The summed E-state index contributed by atoms with van der Waals surface area (Å²) in [7, 11) is 1.81. The van der Waals surface area contributed by atoms with Gasteiger partial charge in [0.1, 0.15) is 0 Å². The molecule has 0 saturated carbocycles. The van der Waals surface area contributed by atoms with Crippen molar-refractivity contribution < 1.29 is 14.3 Å². The maximum atomic E-state index is 11.9. The minimum absolute atomic E-state index is 0.213. The lowest BCUT2D eigenvalue weighted by Gasteiger charge is -2.36. The number of amides is 1. The predicted octanol–water partition coefficient (Wildman–Crippen LogP) is 2.15. The van der Waals surface area contributed by atoms with Crippen molar-refractivity contribution in [3.05, 3.63) is 35.4 Å². The minimum atomic E-state index is -0.213. The molecule has 1 amide bonds. The van der Waals surface area contributed by atoms with Crippen molar-refractivity contribution in [1.82, 2.24) is 20.4 Å². The first-order chi connectivity index (χ1) is 15.1. The standard InChI is InChI=1S/C23H37N5O3/c1-4-31-23(29)28-10-8-20(9-11-28)26-22(24-3)25-17-21(27-12-14-30-15-13-27)19-7-5-6-18(2)16-19/h5-7,16,20-21H,4,8-15,17H2,1-3H3,(H2,24,25,26). The molecule has 1 atom stereocenters. The molecule has 0 aliphatic carbocycles.